The third-order valence-corrected chi connectivity index (χ3v) is 4.15. The first-order chi connectivity index (χ1) is 10.9. The number of nitrogens with one attached hydrogen (secondary N) is 2. The maximum Gasteiger partial charge on any atom is 0.416 e. The summed E-state index contributed by atoms with van der Waals surface area (Å²) in [6, 6.07) is 3.38. The molecule has 124 valence electrons. The zero-order valence-corrected chi connectivity index (χ0v) is 12.2. The lowest BCUT2D eigenvalue weighted by molar-refractivity contribution is -0.139. The zero-order chi connectivity index (χ0) is 16.6. The first kappa shape index (κ1) is 15.8. The molecule has 8 heteroatoms. The summed E-state index contributed by atoms with van der Waals surface area (Å²) in [4.78, 5) is 25.3. The second-order valence-electron chi connectivity index (χ2n) is 5.70. The largest absolute Gasteiger partial charge is 0.416 e. The number of fused-ring (bicyclic) bond motifs is 1. The monoisotopic (exact) mass is 327 g/mol. The Hall–Kier alpha value is -2.09. The van der Waals surface area contributed by atoms with E-state index in [4.69, 9.17) is 0 Å². The van der Waals surface area contributed by atoms with Gasteiger partial charge < -0.3 is 15.5 Å². The number of amides is 2. The molecule has 0 saturated carbocycles. The van der Waals surface area contributed by atoms with Gasteiger partial charge in [0.15, 0.2) is 0 Å². The molecule has 2 N–H and O–H groups in total. The molecule has 23 heavy (non-hydrogen) atoms. The smallest absolute Gasteiger partial charge is 0.342 e. The van der Waals surface area contributed by atoms with E-state index in [-0.39, 0.29) is 43.4 Å². The summed E-state index contributed by atoms with van der Waals surface area (Å²) in [6.07, 6.45) is -4.23. The Kier molecular flexibility index (Phi) is 4.01. The fourth-order valence-corrected chi connectivity index (χ4v) is 3.06. The highest BCUT2D eigenvalue weighted by atomic mass is 19.4. The van der Waals surface area contributed by atoms with Crippen LogP contribution in [0, 0.1) is 0 Å². The van der Waals surface area contributed by atoms with E-state index in [1.165, 1.54) is 11.0 Å². The van der Waals surface area contributed by atoms with Gasteiger partial charge in [-0.05, 0) is 23.6 Å². The first-order valence-corrected chi connectivity index (χ1v) is 7.33. The summed E-state index contributed by atoms with van der Waals surface area (Å²) in [5.41, 5.74) is 0.138. The molecule has 2 aliphatic heterocycles. The molecule has 1 fully saturated rings. The number of benzene rings is 1. The van der Waals surface area contributed by atoms with Gasteiger partial charge in [-0.15, -0.1) is 0 Å². The van der Waals surface area contributed by atoms with E-state index in [9.17, 15) is 22.8 Å². The molecule has 0 aliphatic carbocycles. The molecule has 2 aliphatic rings. The summed E-state index contributed by atoms with van der Waals surface area (Å²) in [5.74, 6) is -0.528. The third-order valence-electron chi connectivity index (χ3n) is 4.15. The Bertz CT molecular complexity index is 645. The maximum absolute atomic E-state index is 13.0. The number of carbonyl (C=O) groups is 2. The van der Waals surface area contributed by atoms with Crippen molar-refractivity contribution in [3.8, 4) is 0 Å². The average molecular weight is 327 g/mol. The van der Waals surface area contributed by atoms with Crippen molar-refractivity contribution in [2.75, 3.05) is 19.6 Å². The van der Waals surface area contributed by atoms with Crippen LogP contribution in [0.25, 0.3) is 0 Å². The van der Waals surface area contributed by atoms with Crippen LogP contribution in [-0.4, -0.2) is 42.4 Å². The second-order valence-corrected chi connectivity index (χ2v) is 5.70. The Labute approximate surface area is 130 Å². The van der Waals surface area contributed by atoms with Gasteiger partial charge in [0, 0.05) is 19.6 Å². The van der Waals surface area contributed by atoms with Crippen LogP contribution in [0.2, 0.25) is 0 Å². The van der Waals surface area contributed by atoms with Gasteiger partial charge in [-0.1, -0.05) is 12.1 Å². The number of rotatable bonds is 1. The van der Waals surface area contributed by atoms with Gasteiger partial charge in [0.25, 0.3) is 0 Å². The van der Waals surface area contributed by atoms with E-state index in [0.29, 0.717) is 12.1 Å². The number of nitrogens with zero attached hydrogens (tertiary/aromatic N) is 1. The fourth-order valence-electron chi connectivity index (χ4n) is 3.06. The van der Waals surface area contributed by atoms with Gasteiger partial charge in [0.05, 0.1) is 12.1 Å². The third kappa shape index (κ3) is 3.17. The predicted molar refractivity (Wildman–Crippen MR) is 75.4 cm³/mol. The van der Waals surface area contributed by atoms with E-state index < -0.39 is 17.8 Å². The maximum atomic E-state index is 13.0. The highest BCUT2D eigenvalue weighted by Crippen LogP contribution is 2.35. The molecule has 1 saturated heterocycles. The molecule has 0 bridgehead atoms. The van der Waals surface area contributed by atoms with Crippen molar-refractivity contribution >= 4 is 11.8 Å². The normalized spacial score (nSPS) is 21.6. The molecular formula is C15H16F3N3O2. The Morgan fingerprint density at radius 2 is 2.09 bits per heavy atom. The molecule has 5 nitrogen and oxygen atoms in total. The summed E-state index contributed by atoms with van der Waals surface area (Å²) in [6.45, 7) is 0.841. The van der Waals surface area contributed by atoms with Gasteiger partial charge in [0.1, 0.15) is 6.04 Å². The van der Waals surface area contributed by atoms with Gasteiger partial charge in [0.2, 0.25) is 11.8 Å². The highest BCUT2D eigenvalue weighted by Gasteiger charge is 2.37. The van der Waals surface area contributed by atoms with Crippen molar-refractivity contribution in [1.82, 2.24) is 15.5 Å². The Morgan fingerprint density at radius 1 is 1.30 bits per heavy atom. The van der Waals surface area contributed by atoms with Crippen LogP contribution in [-0.2, 0) is 28.7 Å². The molecule has 1 aromatic rings. The fraction of sp³-hybridized carbons (Fsp3) is 0.467. The number of piperazine rings is 1. The van der Waals surface area contributed by atoms with Crippen LogP contribution < -0.4 is 10.6 Å². The molecule has 3 rings (SSSR count). The molecule has 0 spiro atoms. The number of hydrogen-bond acceptors (Lipinski definition) is 3. The van der Waals surface area contributed by atoms with Crippen molar-refractivity contribution in [2.24, 2.45) is 0 Å². The zero-order valence-electron chi connectivity index (χ0n) is 12.2. The van der Waals surface area contributed by atoms with Crippen molar-refractivity contribution in [2.45, 2.75) is 25.2 Å². The number of halogens is 3. The van der Waals surface area contributed by atoms with Crippen molar-refractivity contribution < 1.29 is 22.8 Å². The van der Waals surface area contributed by atoms with Crippen LogP contribution in [0.15, 0.2) is 18.2 Å². The van der Waals surface area contributed by atoms with Crippen molar-refractivity contribution in [3.05, 3.63) is 34.9 Å². The lowest BCUT2D eigenvalue weighted by Gasteiger charge is -2.34. The molecule has 1 atom stereocenters. The summed E-state index contributed by atoms with van der Waals surface area (Å²) in [5, 5.41) is 5.44. The topological polar surface area (TPSA) is 61.4 Å². The predicted octanol–water partition coefficient (Wildman–Crippen LogP) is 0.678. The number of carbonyl (C=O) groups excluding carboxylic acids is 2. The molecule has 0 unspecified atom stereocenters. The Balaban J connectivity index is 1.78. The van der Waals surface area contributed by atoms with Crippen LogP contribution in [0.1, 0.15) is 16.7 Å². The minimum Gasteiger partial charge on any atom is -0.342 e. The molecule has 2 heterocycles. The lowest BCUT2D eigenvalue weighted by Crippen LogP contribution is -2.59. The quantitative estimate of drug-likeness (QED) is 0.797. The minimum absolute atomic E-state index is 0.129. The Morgan fingerprint density at radius 3 is 2.78 bits per heavy atom. The van der Waals surface area contributed by atoms with E-state index in [2.05, 4.69) is 10.6 Å². The first-order valence-electron chi connectivity index (χ1n) is 7.33. The van der Waals surface area contributed by atoms with Gasteiger partial charge in [-0.25, -0.2) is 0 Å². The van der Waals surface area contributed by atoms with Crippen LogP contribution in [0.3, 0.4) is 0 Å². The molecule has 0 radical (unpaired) electrons. The van der Waals surface area contributed by atoms with Gasteiger partial charge in [-0.3, -0.25) is 9.59 Å². The number of alkyl halides is 3. The van der Waals surface area contributed by atoms with Crippen molar-refractivity contribution in [1.29, 1.82) is 0 Å². The van der Waals surface area contributed by atoms with Crippen LogP contribution >= 0.6 is 0 Å². The van der Waals surface area contributed by atoms with E-state index in [1.54, 1.807) is 6.07 Å². The second kappa shape index (κ2) is 5.84. The van der Waals surface area contributed by atoms with E-state index >= 15 is 0 Å². The molecule has 1 aromatic carbocycles. The van der Waals surface area contributed by atoms with Crippen molar-refractivity contribution in [3.63, 3.8) is 0 Å². The summed E-state index contributed by atoms with van der Waals surface area (Å²) >= 11 is 0. The lowest BCUT2D eigenvalue weighted by atomic mass is 9.93. The van der Waals surface area contributed by atoms with E-state index in [1.807, 2.05) is 0 Å². The molecule has 2 amide bonds. The van der Waals surface area contributed by atoms with Crippen LogP contribution in [0.5, 0.6) is 0 Å². The summed E-state index contributed by atoms with van der Waals surface area (Å²) < 4.78 is 39.1. The molecule has 0 aromatic heterocycles. The minimum atomic E-state index is -4.39. The van der Waals surface area contributed by atoms with Gasteiger partial charge >= 0.3 is 6.18 Å². The standard InChI is InChI=1S/C15H16F3N3O2/c16-15(17,18)11-3-1-2-9-8-21(5-4-10(9)11)14(23)12-6-19-7-13(22)20-12/h1-3,12,19H,4-8H2,(H,20,22)/t12-/m0/s1. The molecular weight excluding hydrogens is 311 g/mol. The van der Waals surface area contributed by atoms with E-state index in [0.717, 1.165) is 6.07 Å². The SMILES string of the molecule is O=C1CNC[C@@H](C(=O)N2CCc3c(cccc3C(F)(F)F)C2)N1. The number of hydrogen-bond donors (Lipinski definition) is 2. The average Bonchev–Trinajstić information content (AvgIpc) is 2.52. The van der Waals surface area contributed by atoms with Gasteiger partial charge in [-0.2, -0.15) is 13.2 Å². The summed E-state index contributed by atoms with van der Waals surface area (Å²) in [7, 11) is 0. The van der Waals surface area contributed by atoms with Crippen LogP contribution in [0.4, 0.5) is 13.2 Å². The highest BCUT2D eigenvalue weighted by molar-refractivity contribution is 5.89.